The van der Waals surface area contributed by atoms with Gasteiger partial charge in [0, 0.05) is 24.2 Å². The van der Waals surface area contributed by atoms with E-state index in [9.17, 15) is 0 Å². The quantitative estimate of drug-likeness (QED) is 0.915. The Morgan fingerprint density at radius 1 is 1.18 bits per heavy atom. The second-order valence-corrected chi connectivity index (χ2v) is 6.30. The summed E-state index contributed by atoms with van der Waals surface area (Å²) in [7, 11) is 0. The highest BCUT2D eigenvalue weighted by Crippen LogP contribution is 2.30. The number of hydrogen-bond donors (Lipinski definition) is 1. The Balaban J connectivity index is 1.74. The van der Waals surface area contributed by atoms with Crippen molar-refractivity contribution in [3.8, 4) is 0 Å². The molecule has 2 aromatic rings. The second kappa shape index (κ2) is 6.53. The maximum Gasteiger partial charge on any atom is 0.134 e. The lowest BCUT2D eigenvalue weighted by atomic mass is 9.92. The molecule has 0 radical (unpaired) electrons. The van der Waals surface area contributed by atoms with Crippen molar-refractivity contribution >= 4 is 23.2 Å². The van der Waals surface area contributed by atoms with Gasteiger partial charge in [-0.05, 0) is 49.8 Å². The molecule has 1 fully saturated rings. The molecule has 0 spiro atoms. The molecule has 22 heavy (non-hydrogen) atoms. The van der Waals surface area contributed by atoms with Gasteiger partial charge in [-0.25, -0.2) is 9.97 Å². The summed E-state index contributed by atoms with van der Waals surface area (Å²) >= 11 is 6.12. The summed E-state index contributed by atoms with van der Waals surface area (Å²) < 4.78 is 0. The smallest absolute Gasteiger partial charge is 0.134 e. The van der Waals surface area contributed by atoms with Crippen LogP contribution in [0.5, 0.6) is 0 Å². The predicted molar refractivity (Wildman–Crippen MR) is 91.4 cm³/mol. The molecule has 1 aliphatic rings. The van der Waals surface area contributed by atoms with Crippen molar-refractivity contribution in [3.63, 3.8) is 0 Å². The molecule has 2 N–H and O–H groups in total. The standard InChI is InChI=1S/C17H21ClN4/c1-12-20-16(19)11-17(21-12)22-8-3-5-13(7-9-22)14-4-2-6-15(18)10-14/h2,4,6,10-11,13H,3,5,7-9H2,1H3,(H2,19,20,21). The van der Waals surface area contributed by atoms with E-state index in [1.54, 1.807) is 0 Å². The highest BCUT2D eigenvalue weighted by molar-refractivity contribution is 6.30. The normalized spacial score (nSPS) is 19.0. The molecule has 2 heterocycles. The van der Waals surface area contributed by atoms with Gasteiger partial charge in [0.15, 0.2) is 0 Å². The lowest BCUT2D eigenvalue weighted by Gasteiger charge is -2.22. The van der Waals surface area contributed by atoms with Crippen molar-refractivity contribution in [2.24, 2.45) is 0 Å². The number of aryl methyl sites for hydroxylation is 1. The molecule has 0 saturated carbocycles. The zero-order valence-electron chi connectivity index (χ0n) is 12.8. The number of halogens is 1. The van der Waals surface area contributed by atoms with Crippen LogP contribution in [0.15, 0.2) is 30.3 Å². The fraction of sp³-hybridized carbons (Fsp3) is 0.412. The third kappa shape index (κ3) is 3.50. The van der Waals surface area contributed by atoms with Gasteiger partial charge in [0.25, 0.3) is 0 Å². The Bertz CT molecular complexity index is 639. The number of nitrogens with two attached hydrogens (primary N) is 1. The van der Waals surface area contributed by atoms with Crippen LogP contribution >= 0.6 is 11.6 Å². The molecule has 0 bridgehead atoms. The van der Waals surface area contributed by atoms with Crippen molar-refractivity contribution in [2.45, 2.75) is 32.1 Å². The average Bonchev–Trinajstić information content (AvgIpc) is 2.72. The van der Waals surface area contributed by atoms with Crippen molar-refractivity contribution in [1.29, 1.82) is 0 Å². The molecule has 1 unspecified atom stereocenters. The van der Waals surface area contributed by atoms with Crippen LogP contribution in [0.4, 0.5) is 11.6 Å². The van der Waals surface area contributed by atoms with Crippen molar-refractivity contribution in [3.05, 3.63) is 46.7 Å². The van der Waals surface area contributed by atoms with Crippen molar-refractivity contribution in [1.82, 2.24) is 9.97 Å². The lowest BCUT2D eigenvalue weighted by Crippen LogP contribution is -2.25. The third-order valence-corrected chi connectivity index (χ3v) is 4.45. The Morgan fingerprint density at radius 3 is 2.82 bits per heavy atom. The molecule has 1 atom stereocenters. The number of nitrogen functional groups attached to an aromatic ring is 1. The van der Waals surface area contributed by atoms with E-state index in [4.69, 9.17) is 17.3 Å². The summed E-state index contributed by atoms with van der Waals surface area (Å²) in [5.41, 5.74) is 7.19. The van der Waals surface area contributed by atoms with Gasteiger partial charge in [-0.15, -0.1) is 0 Å². The van der Waals surface area contributed by atoms with Gasteiger partial charge < -0.3 is 10.6 Å². The molecule has 1 saturated heterocycles. The molecule has 116 valence electrons. The van der Waals surface area contributed by atoms with E-state index in [-0.39, 0.29) is 0 Å². The van der Waals surface area contributed by atoms with E-state index in [1.165, 1.54) is 12.0 Å². The minimum Gasteiger partial charge on any atom is -0.384 e. The van der Waals surface area contributed by atoms with Crippen molar-refractivity contribution < 1.29 is 0 Å². The van der Waals surface area contributed by atoms with E-state index in [0.29, 0.717) is 11.7 Å². The fourth-order valence-corrected chi connectivity index (χ4v) is 3.35. The SMILES string of the molecule is Cc1nc(N)cc(N2CCCC(c3cccc(Cl)c3)CC2)n1. The van der Waals surface area contributed by atoms with Gasteiger partial charge in [-0.1, -0.05) is 23.7 Å². The summed E-state index contributed by atoms with van der Waals surface area (Å²) in [6.45, 7) is 3.87. The maximum absolute atomic E-state index is 6.12. The number of benzene rings is 1. The Hall–Kier alpha value is -1.81. The first-order valence-electron chi connectivity index (χ1n) is 7.73. The third-order valence-electron chi connectivity index (χ3n) is 4.22. The first-order chi connectivity index (χ1) is 10.6. The molecule has 1 aromatic heterocycles. The van der Waals surface area contributed by atoms with Crippen LogP contribution in [0, 0.1) is 6.92 Å². The van der Waals surface area contributed by atoms with Crippen LogP contribution in [0.25, 0.3) is 0 Å². The zero-order chi connectivity index (χ0) is 15.5. The predicted octanol–water partition coefficient (Wildman–Crippen LogP) is 3.79. The van der Waals surface area contributed by atoms with Crippen LogP contribution in [0.2, 0.25) is 5.02 Å². The second-order valence-electron chi connectivity index (χ2n) is 5.87. The molecular formula is C17H21ClN4. The van der Waals surface area contributed by atoms with Gasteiger partial charge in [0.05, 0.1) is 0 Å². The molecule has 5 heteroatoms. The molecule has 4 nitrogen and oxygen atoms in total. The molecular weight excluding hydrogens is 296 g/mol. The Labute approximate surface area is 136 Å². The topological polar surface area (TPSA) is 55.0 Å². The summed E-state index contributed by atoms with van der Waals surface area (Å²) in [4.78, 5) is 11.0. The number of aromatic nitrogens is 2. The monoisotopic (exact) mass is 316 g/mol. The van der Waals surface area contributed by atoms with Gasteiger partial charge in [-0.2, -0.15) is 0 Å². The number of nitrogens with zero attached hydrogens (tertiary/aromatic N) is 3. The summed E-state index contributed by atoms with van der Waals surface area (Å²) in [6, 6.07) is 10.1. The largest absolute Gasteiger partial charge is 0.384 e. The number of hydrogen-bond acceptors (Lipinski definition) is 4. The molecule has 0 amide bonds. The maximum atomic E-state index is 6.12. The van der Waals surface area contributed by atoms with Crippen LogP contribution < -0.4 is 10.6 Å². The van der Waals surface area contributed by atoms with E-state index < -0.39 is 0 Å². The van der Waals surface area contributed by atoms with Gasteiger partial charge in [0.1, 0.15) is 17.5 Å². The number of rotatable bonds is 2. The summed E-state index contributed by atoms with van der Waals surface area (Å²) in [6.07, 6.45) is 3.42. The van der Waals surface area contributed by atoms with Crippen LogP contribution in [-0.4, -0.2) is 23.1 Å². The fourth-order valence-electron chi connectivity index (χ4n) is 3.16. The first-order valence-corrected chi connectivity index (χ1v) is 8.11. The summed E-state index contributed by atoms with van der Waals surface area (Å²) in [5, 5.41) is 0.817. The average molecular weight is 317 g/mol. The zero-order valence-corrected chi connectivity index (χ0v) is 13.6. The lowest BCUT2D eigenvalue weighted by molar-refractivity contribution is 0.612. The molecule has 3 rings (SSSR count). The van der Waals surface area contributed by atoms with E-state index in [0.717, 1.165) is 42.6 Å². The van der Waals surface area contributed by atoms with E-state index in [2.05, 4.69) is 27.0 Å². The van der Waals surface area contributed by atoms with E-state index in [1.807, 2.05) is 25.1 Å². The van der Waals surface area contributed by atoms with Crippen molar-refractivity contribution in [2.75, 3.05) is 23.7 Å². The highest BCUT2D eigenvalue weighted by Gasteiger charge is 2.20. The van der Waals surface area contributed by atoms with Crippen LogP contribution in [-0.2, 0) is 0 Å². The van der Waals surface area contributed by atoms with Gasteiger partial charge >= 0.3 is 0 Å². The molecule has 1 aromatic carbocycles. The van der Waals surface area contributed by atoms with Gasteiger partial charge in [0.2, 0.25) is 0 Å². The minimum atomic E-state index is 0.540. The molecule has 0 aliphatic carbocycles. The van der Waals surface area contributed by atoms with E-state index >= 15 is 0 Å². The Kier molecular flexibility index (Phi) is 4.48. The molecule has 1 aliphatic heterocycles. The Morgan fingerprint density at radius 2 is 2.05 bits per heavy atom. The highest BCUT2D eigenvalue weighted by atomic mass is 35.5. The minimum absolute atomic E-state index is 0.540. The first kappa shape index (κ1) is 15.1. The summed E-state index contributed by atoms with van der Waals surface area (Å²) in [5.74, 6) is 2.77. The number of anilines is 2. The van der Waals surface area contributed by atoms with Crippen LogP contribution in [0.3, 0.4) is 0 Å². The van der Waals surface area contributed by atoms with Crippen LogP contribution in [0.1, 0.15) is 36.6 Å². The van der Waals surface area contributed by atoms with Gasteiger partial charge in [-0.3, -0.25) is 0 Å².